The van der Waals surface area contributed by atoms with Crippen LogP contribution in [0, 0.1) is 0 Å². The van der Waals surface area contributed by atoms with Gasteiger partial charge in [-0.1, -0.05) is 54.1 Å². The Hall–Kier alpha value is -1.01. The van der Waals surface area contributed by atoms with Gasteiger partial charge in [0.05, 0.1) is 13.1 Å². The van der Waals surface area contributed by atoms with Crippen LogP contribution < -0.4 is 17.0 Å². The van der Waals surface area contributed by atoms with Crippen LogP contribution in [0.3, 0.4) is 0 Å². The van der Waals surface area contributed by atoms with Crippen LogP contribution in [0.2, 0.25) is 5.02 Å². The fourth-order valence-corrected chi connectivity index (χ4v) is 4.95. The van der Waals surface area contributed by atoms with E-state index in [9.17, 15) is 5.11 Å². The van der Waals surface area contributed by atoms with Gasteiger partial charge in [-0.25, -0.2) is 9.48 Å². The molecule has 2 heterocycles. The summed E-state index contributed by atoms with van der Waals surface area (Å²) in [4.78, 5) is 2.18. The number of hydrogen-bond acceptors (Lipinski definition) is 3. The first-order chi connectivity index (χ1) is 12.2. The molecule has 3 nitrogen and oxygen atoms in total. The Kier molecular flexibility index (Phi) is 6.33. The second-order valence-corrected chi connectivity index (χ2v) is 8.12. The van der Waals surface area contributed by atoms with Crippen LogP contribution in [-0.2, 0) is 12.1 Å². The Labute approximate surface area is 174 Å². The van der Waals surface area contributed by atoms with Crippen molar-refractivity contribution in [2.45, 2.75) is 18.6 Å². The van der Waals surface area contributed by atoms with Crippen LogP contribution in [0.4, 0.5) is 0 Å². The third-order valence-electron chi connectivity index (χ3n) is 4.94. The molecule has 0 amide bonds. The molecule has 1 atom stereocenters. The Balaban J connectivity index is 0.00000196. The minimum atomic E-state index is -0.968. The maximum Gasteiger partial charge on any atom is 0.311 e. The van der Waals surface area contributed by atoms with Crippen molar-refractivity contribution in [3.05, 3.63) is 70.7 Å². The van der Waals surface area contributed by atoms with Crippen LogP contribution in [0.15, 0.2) is 54.6 Å². The average molecular weight is 454 g/mol. The molecule has 2 aliphatic rings. The van der Waals surface area contributed by atoms with Crippen molar-refractivity contribution < 1.29 is 26.7 Å². The molecule has 1 fully saturated rings. The SMILES string of the molecule is OC1(c2ccc(Cl)cc2)C[N+](CCc2ccccc2)=C2SCCCN21.[Br-]. The molecule has 4 rings (SSSR count). The first-order valence-electron chi connectivity index (χ1n) is 8.71. The van der Waals surface area contributed by atoms with Crippen molar-refractivity contribution >= 4 is 28.5 Å². The molecular weight excluding hydrogens is 432 g/mol. The van der Waals surface area contributed by atoms with E-state index in [2.05, 4.69) is 33.7 Å². The summed E-state index contributed by atoms with van der Waals surface area (Å²) in [7, 11) is 0. The summed E-state index contributed by atoms with van der Waals surface area (Å²) >= 11 is 7.89. The second kappa shape index (κ2) is 8.34. The number of nitrogens with zero attached hydrogens (tertiary/aromatic N) is 2. The number of halogens is 2. The number of amidine groups is 1. The molecule has 2 aromatic rings. The van der Waals surface area contributed by atoms with Crippen molar-refractivity contribution in [3.63, 3.8) is 0 Å². The monoisotopic (exact) mass is 452 g/mol. The van der Waals surface area contributed by atoms with Gasteiger partial charge in [0.25, 0.3) is 5.72 Å². The lowest BCUT2D eigenvalue weighted by Gasteiger charge is -2.30. The predicted molar refractivity (Wildman–Crippen MR) is 104 cm³/mol. The van der Waals surface area contributed by atoms with Crippen molar-refractivity contribution in [2.24, 2.45) is 0 Å². The van der Waals surface area contributed by atoms with E-state index in [1.54, 1.807) is 0 Å². The summed E-state index contributed by atoms with van der Waals surface area (Å²) < 4.78 is 2.34. The Morgan fingerprint density at radius 2 is 1.85 bits per heavy atom. The molecule has 6 heteroatoms. The van der Waals surface area contributed by atoms with Crippen molar-refractivity contribution in [1.82, 2.24) is 4.90 Å². The lowest BCUT2D eigenvalue weighted by molar-refractivity contribution is -0.531. The van der Waals surface area contributed by atoms with Gasteiger partial charge < -0.3 is 22.1 Å². The molecule has 26 heavy (non-hydrogen) atoms. The lowest BCUT2D eigenvalue weighted by Crippen LogP contribution is -3.00. The summed E-state index contributed by atoms with van der Waals surface area (Å²) in [6.45, 7) is 2.41. The molecule has 0 aromatic heterocycles. The zero-order valence-corrected chi connectivity index (χ0v) is 17.6. The van der Waals surface area contributed by atoms with Gasteiger partial charge in [-0.05, 0) is 35.9 Å². The first-order valence-corrected chi connectivity index (χ1v) is 10.1. The predicted octanol–water partition coefficient (Wildman–Crippen LogP) is 0.553. The largest absolute Gasteiger partial charge is 1.00 e. The van der Waals surface area contributed by atoms with Crippen LogP contribution in [0.25, 0.3) is 0 Å². The van der Waals surface area contributed by atoms with Gasteiger partial charge in [0, 0.05) is 22.8 Å². The Bertz CT molecular complexity index is 784. The standard InChI is InChI=1S/C20H22ClN2OS.BrH/c21-18-9-7-17(8-10-18)20(24)15-22(19-23(20)12-4-14-25-19)13-11-16-5-2-1-3-6-16;/h1-3,5-10,24H,4,11-15H2;1H/q+1;/p-1. The maximum absolute atomic E-state index is 11.5. The van der Waals surface area contributed by atoms with Gasteiger partial charge in [-0.2, -0.15) is 0 Å². The number of hydrogen-bond donors (Lipinski definition) is 1. The maximum atomic E-state index is 11.5. The molecule has 0 radical (unpaired) electrons. The molecule has 138 valence electrons. The molecule has 0 saturated carbocycles. The lowest BCUT2D eigenvalue weighted by atomic mass is 10.0. The first kappa shape index (κ1) is 19.7. The van der Waals surface area contributed by atoms with E-state index in [0.29, 0.717) is 11.6 Å². The van der Waals surface area contributed by atoms with E-state index in [0.717, 1.165) is 37.2 Å². The fourth-order valence-electron chi connectivity index (χ4n) is 3.63. The molecule has 1 N–H and O–H groups in total. The quantitative estimate of drug-likeness (QED) is 0.685. The van der Waals surface area contributed by atoms with E-state index in [-0.39, 0.29) is 17.0 Å². The number of benzene rings is 2. The zero-order chi connectivity index (χ0) is 17.3. The Morgan fingerprint density at radius 1 is 1.12 bits per heavy atom. The van der Waals surface area contributed by atoms with E-state index in [1.807, 2.05) is 42.1 Å². The minimum Gasteiger partial charge on any atom is -1.00 e. The highest BCUT2D eigenvalue weighted by molar-refractivity contribution is 8.13. The highest BCUT2D eigenvalue weighted by Gasteiger charge is 2.53. The molecule has 2 aromatic carbocycles. The number of aliphatic hydroxyl groups is 1. The van der Waals surface area contributed by atoms with Gasteiger partial charge in [-0.3, -0.25) is 0 Å². The summed E-state index contributed by atoms with van der Waals surface area (Å²) in [5.41, 5.74) is 1.28. The molecule has 0 aliphatic carbocycles. The van der Waals surface area contributed by atoms with E-state index < -0.39 is 5.72 Å². The van der Waals surface area contributed by atoms with Crippen LogP contribution in [0.1, 0.15) is 17.5 Å². The number of β-amino-alcohol motifs (C(OH)–C–C–N with tert-alkyl or cyclic N) is 1. The highest BCUT2D eigenvalue weighted by atomic mass is 79.9. The molecular formula is C20H22BrClN2OS. The van der Waals surface area contributed by atoms with Gasteiger partial charge in [0.2, 0.25) is 0 Å². The number of fused-ring (bicyclic) bond motifs is 1. The molecule has 0 bridgehead atoms. The summed E-state index contributed by atoms with van der Waals surface area (Å²) in [5.74, 6) is 1.12. The minimum absolute atomic E-state index is 0. The topological polar surface area (TPSA) is 26.5 Å². The summed E-state index contributed by atoms with van der Waals surface area (Å²) in [6.07, 6.45) is 2.08. The normalized spacial score (nSPS) is 22.2. The summed E-state index contributed by atoms with van der Waals surface area (Å²) in [5, 5.41) is 13.4. The highest BCUT2D eigenvalue weighted by Crippen LogP contribution is 2.37. The van der Waals surface area contributed by atoms with Crippen molar-refractivity contribution in [1.29, 1.82) is 0 Å². The molecule has 1 unspecified atom stereocenters. The number of rotatable bonds is 4. The van der Waals surface area contributed by atoms with Crippen LogP contribution in [-0.4, -0.2) is 45.1 Å². The molecule has 1 saturated heterocycles. The second-order valence-electron chi connectivity index (χ2n) is 6.62. The smallest absolute Gasteiger partial charge is 0.311 e. The van der Waals surface area contributed by atoms with Gasteiger partial charge in [0.15, 0.2) is 6.54 Å². The van der Waals surface area contributed by atoms with Crippen LogP contribution >= 0.6 is 23.4 Å². The third-order valence-corrected chi connectivity index (χ3v) is 6.42. The molecule has 2 aliphatic heterocycles. The van der Waals surface area contributed by atoms with Gasteiger partial charge in [-0.15, -0.1) is 0 Å². The summed E-state index contributed by atoms with van der Waals surface area (Å²) in [6, 6.07) is 18.1. The number of thioether (sulfide) groups is 1. The van der Waals surface area contributed by atoms with Crippen molar-refractivity contribution in [2.75, 3.05) is 25.4 Å². The van der Waals surface area contributed by atoms with E-state index >= 15 is 0 Å². The van der Waals surface area contributed by atoms with Crippen molar-refractivity contribution in [3.8, 4) is 0 Å². The van der Waals surface area contributed by atoms with Gasteiger partial charge >= 0.3 is 5.17 Å². The molecule has 0 spiro atoms. The van der Waals surface area contributed by atoms with Crippen LogP contribution in [0.5, 0.6) is 0 Å². The van der Waals surface area contributed by atoms with E-state index in [1.165, 1.54) is 10.7 Å². The van der Waals surface area contributed by atoms with Gasteiger partial charge in [0.1, 0.15) is 0 Å². The average Bonchev–Trinajstić information content (AvgIpc) is 2.95. The zero-order valence-electron chi connectivity index (χ0n) is 14.4. The fraction of sp³-hybridized carbons (Fsp3) is 0.350. The van der Waals surface area contributed by atoms with E-state index in [4.69, 9.17) is 11.6 Å². The Morgan fingerprint density at radius 3 is 2.58 bits per heavy atom. The third kappa shape index (κ3) is 3.81.